The largest absolute Gasteiger partial charge is 0.315 e. The van der Waals surface area contributed by atoms with Gasteiger partial charge in [-0.05, 0) is 38.6 Å². The number of nitrogens with zero attached hydrogens (tertiary/aromatic N) is 2. The quantitative estimate of drug-likeness (QED) is 0.657. The molecule has 0 aliphatic carbocycles. The lowest BCUT2D eigenvalue weighted by atomic mass is 10.2. The van der Waals surface area contributed by atoms with E-state index in [1.165, 1.54) is 18.4 Å². The maximum absolute atomic E-state index is 4.27. The Hall–Kier alpha value is -1.30. The summed E-state index contributed by atoms with van der Waals surface area (Å²) >= 11 is 0. The van der Waals surface area contributed by atoms with E-state index in [9.17, 15) is 0 Å². The van der Waals surface area contributed by atoms with Crippen LogP contribution < -0.4 is 16.0 Å². The topological polar surface area (TPSA) is 52.0 Å². The minimum absolute atomic E-state index is 1.04. The van der Waals surface area contributed by atoms with Crippen molar-refractivity contribution in [1.29, 1.82) is 0 Å². The van der Waals surface area contributed by atoms with Crippen LogP contribution in [0.25, 0.3) is 0 Å². The molecule has 122 valence electrons. The average Bonchev–Trinajstić information content (AvgIpc) is 2.51. The van der Waals surface area contributed by atoms with Gasteiger partial charge < -0.3 is 16.0 Å². The summed E-state index contributed by atoms with van der Waals surface area (Å²) in [7, 11) is 0. The van der Waals surface area contributed by atoms with Crippen molar-refractivity contribution in [2.45, 2.75) is 19.8 Å². The molecule has 0 bridgehead atoms. The molecule has 5 heteroatoms. The fourth-order valence-electron chi connectivity index (χ4n) is 2.62. The van der Waals surface area contributed by atoms with Crippen LogP contribution in [-0.2, 0) is 0 Å². The zero-order chi connectivity index (χ0) is 15.5. The monoisotopic (exact) mass is 304 g/mol. The zero-order valence-electron chi connectivity index (χ0n) is 13.8. The molecule has 2 rings (SSSR count). The number of aromatic nitrogens is 1. The Morgan fingerprint density at radius 1 is 0.955 bits per heavy atom. The van der Waals surface area contributed by atoms with E-state index in [1.807, 2.05) is 13.1 Å². The van der Waals surface area contributed by atoms with Crippen molar-refractivity contribution < 1.29 is 4.58 Å². The Bertz CT molecular complexity index is 442. The van der Waals surface area contributed by atoms with E-state index >= 15 is 0 Å². The fraction of sp³-hybridized carbons (Fsp3) is 0.647. The van der Waals surface area contributed by atoms with Crippen molar-refractivity contribution in [2.75, 3.05) is 52.4 Å². The van der Waals surface area contributed by atoms with E-state index < -0.39 is 0 Å². The van der Waals surface area contributed by atoms with Crippen molar-refractivity contribution in [1.82, 2.24) is 20.9 Å². The molecule has 0 unspecified atom stereocenters. The first-order chi connectivity index (χ1) is 10.8. The zero-order valence-corrected chi connectivity index (χ0v) is 13.8. The normalized spacial score (nSPS) is 21.4. The number of nitrogens with one attached hydrogen (secondary N) is 3. The summed E-state index contributed by atoms with van der Waals surface area (Å²) in [4.78, 5) is 4.27. The molecule has 0 radical (unpaired) electrons. The lowest BCUT2D eigenvalue weighted by molar-refractivity contribution is -0.521. The van der Waals surface area contributed by atoms with Gasteiger partial charge in [0.15, 0.2) is 12.8 Å². The van der Waals surface area contributed by atoms with E-state index in [4.69, 9.17) is 0 Å². The second kappa shape index (κ2) is 10.4. The minimum atomic E-state index is 1.04. The number of hydrogen-bond acceptors (Lipinski definition) is 4. The highest BCUT2D eigenvalue weighted by Crippen LogP contribution is 1.97. The Morgan fingerprint density at radius 3 is 2.45 bits per heavy atom. The first kappa shape index (κ1) is 17.1. The maximum atomic E-state index is 4.27. The van der Waals surface area contributed by atoms with Crippen LogP contribution in [0.1, 0.15) is 24.1 Å². The molecule has 0 aromatic carbocycles. The standard InChI is InChI=1S/C17H30N5/c1-16-14-17(4-8-21-16)15-22-12-3-7-19-10-9-18-5-2-6-20-11-13-22/h4,8,14-15,18-20H,2-3,5-7,9-13H2,1H3/q+1. The summed E-state index contributed by atoms with van der Waals surface area (Å²) in [6.07, 6.45) is 6.51. The summed E-state index contributed by atoms with van der Waals surface area (Å²) in [5.74, 6) is 0. The Labute approximate surface area is 134 Å². The molecule has 1 aliphatic rings. The second-order valence-electron chi connectivity index (χ2n) is 5.85. The third-order valence-corrected chi connectivity index (χ3v) is 3.81. The van der Waals surface area contributed by atoms with E-state index in [1.54, 1.807) is 0 Å². The third kappa shape index (κ3) is 7.11. The Morgan fingerprint density at radius 2 is 1.68 bits per heavy atom. The average molecular weight is 304 g/mol. The molecule has 3 N–H and O–H groups in total. The lowest BCUT2D eigenvalue weighted by Gasteiger charge is -2.10. The SMILES string of the molecule is Cc1cc(C=[N+]2CCCNCCNCCCNCC2)ccn1. The van der Waals surface area contributed by atoms with Gasteiger partial charge in [0, 0.05) is 43.5 Å². The van der Waals surface area contributed by atoms with Gasteiger partial charge in [0.25, 0.3) is 0 Å². The smallest absolute Gasteiger partial charge is 0.170 e. The van der Waals surface area contributed by atoms with Gasteiger partial charge in [-0.25, -0.2) is 4.58 Å². The van der Waals surface area contributed by atoms with E-state index in [-0.39, 0.29) is 0 Å². The van der Waals surface area contributed by atoms with Gasteiger partial charge in [0.1, 0.15) is 6.54 Å². The van der Waals surface area contributed by atoms with Crippen LogP contribution in [0.15, 0.2) is 18.3 Å². The molecule has 0 atom stereocenters. The van der Waals surface area contributed by atoms with Crippen LogP contribution in [0.2, 0.25) is 0 Å². The molecule has 1 fully saturated rings. The van der Waals surface area contributed by atoms with E-state index in [0.717, 1.165) is 58.1 Å². The van der Waals surface area contributed by atoms with Gasteiger partial charge in [-0.15, -0.1) is 0 Å². The molecule has 1 aliphatic heterocycles. The maximum Gasteiger partial charge on any atom is 0.170 e. The van der Waals surface area contributed by atoms with E-state index in [2.05, 4.69) is 43.9 Å². The molecule has 22 heavy (non-hydrogen) atoms. The third-order valence-electron chi connectivity index (χ3n) is 3.81. The molecule has 1 saturated heterocycles. The number of hydrogen-bond donors (Lipinski definition) is 3. The lowest BCUT2D eigenvalue weighted by Crippen LogP contribution is -2.34. The molecule has 5 nitrogen and oxygen atoms in total. The molecule has 0 spiro atoms. The van der Waals surface area contributed by atoms with Crippen LogP contribution in [0.4, 0.5) is 0 Å². The number of aryl methyl sites for hydroxylation is 1. The predicted molar refractivity (Wildman–Crippen MR) is 92.0 cm³/mol. The van der Waals surface area contributed by atoms with Crippen LogP contribution in [0.5, 0.6) is 0 Å². The van der Waals surface area contributed by atoms with E-state index in [0.29, 0.717) is 0 Å². The molecular weight excluding hydrogens is 274 g/mol. The second-order valence-corrected chi connectivity index (χ2v) is 5.85. The van der Waals surface area contributed by atoms with Crippen LogP contribution in [-0.4, -0.2) is 68.1 Å². The predicted octanol–water partition coefficient (Wildman–Crippen LogP) is 0.384. The van der Waals surface area contributed by atoms with Crippen molar-refractivity contribution in [3.05, 3.63) is 29.6 Å². The van der Waals surface area contributed by atoms with Crippen LogP contribution in [0.3, 0.4) is 0 Å². The highest BCUT2D eigenvalue weighted by molar-refractivity contribution is 5.75. The molecule has 2 heterocycles. The van der Waals surface area contributed by atoms with Crippen LogP contribution >= 0.6 is 0 Å². The molecule has 0 amide bonds. The number of pyridine rings is 1. The van der Waals surface area contributed by atoms with Gasteiger partial charge in [-0.3, -0.25) is 4.98 Å². The summed E-state index contributed by atoms with van der Waals surface area (Å²) in [5, 5.41) is 10.5. The summed E-state index contributed by atoms with van der Waals surface area (Å²) < 4.78 is 2.42. The highest BCUT2D eigenvalue weighted by Gasteiger charge is 2.06. The van der Waals surface area contributed by atoms with Gasteiger partial charge in [0.05, 0.1) is 6.54 Å². The molecular formula is C17H30N5+. The minimum Gasteiger partial charge on any atom is -0.315 e. The summed E-state index contributed by atoms with van der Waals surface area (Å²) in [6, 6.07) is 4.22. The van der Waals surface area contributed by atoms with Crippen molar-refractivity contribution >= 4 is 6.21 Å². The van der Waals surface area contributed by atoms with Crippen molar-refractivity contribution in [3.8, 4) is 0 Å². The molecule has 1 aromatic heterocycles. The van der Waals surface area contributed by atoms with Gasteiger partial charge in [-0.1, -0.05) is 0 Å². The van der Waals surface area contributed by atoms with Crippen molar-refractivity contribution in [3.63, 3.8) is 0 Å². The first-order valence-corrected chi connectivity index (χ1v) is 8.48. The summed E-state index contributed by atoms with van der Waals surface area (Å²) in [6.45, 7) is 10.6. The molecule has 1 aromatic rings. The summed E-state index contributed by atoms with van der Waals surface area (Å²) in [5.41, 5.74) is 2.31. The highest BCUT2D eigenvalue weighted by atomic mass is 15.0. The Kier molecular flexibility index (Phi) is 8.09. The number of rotatable bonds is 1. The Balaban J connectivity index is 1.92. The van der Waals surface area contributed by atoms with Crippen LogP contribution in [0, 0.1) is 6.92 Å². The van der Waals surface area contributed by atoms with Gasteiger partial charge >= 0.3 is 0 Å². The first-order valence-electron chi connectivity index (χ1n) is 8.48. The van der Waals surface area contributed by atoms with Gasteiger partial charge in [-0.2, -0.15) is 0 Å². The fourth-order valence-corrected chi connectivity index (χ4v) is 2.62. The van der Waals surface area contributed by atoms with Crippen molar-refractivity contribution in [2.24, 2.45) is 0 Å². The van der Waals surface area contributed by atoms with Gasteiger partial charge in [0.2, 0.25) is 0 Å². The molecule has 0 saturated carbocycles.